The Hall–Kier alpha value is -1.63. The molecule has 1 aromatic rings. The monoisotopic (exact) mass is 230 g/mol. The van der Waals surface area contributed by atoms with Gasteiger partial charge < -0.3 is 10.4 Å². The summed E-state index contributed by atoms with van der Waals surface area (Å²) in [5.74, 6) is 0.290. The van der Waals surface area contributed by atoms with E-state index in [4.69, 9.17) is 10.4 Å². The lowest BCUT2D eigenvalue weighted by molar-refractivity contribution is 0.235. The maximum absolute atomic E-state index is 8.83. The Balaban J connectivity index is 2.31. The van der Waals surface area contributed by atoms with E-state index in [1.54, 1.807) is 12.1 Å². The molecule has 0 aliphatic heterocycles. The Bertz CT molecular complexity index is 390. The van der Waals surface area contributed by atoms with Crippen LogP contribution in [0.25, 0.3) is 6.08 Å². The van der Waals surface area contributed by atoms with E-state index in [1.807, 2.05) is 31.2 Å². The number of nitrogens with one attached hydrogen (secondary N) is 1. The minimum Gasteiger partial charge on any atom is -0.396 e. The standard InChI is InChI=1S/C14H18N2O/c1-12(11-17)10-16-8-2-3-13-4-6-14(9-15)7-5-13/h2-7,12,16-17H,8,10-11H2,1H3/b3-2+. The molecule has 0 saturated carbocycles. The molecule has 0 aromatic heterocycles. The van der Waals surface area contributed by atoms with Gasteiger partial charge in [0.15, 0.2) is 0 Å². The SMILES string of the molecule is CC(CO)CNC/C=C/c1ccc(C#N)cc1. The molecule has 0 radical (unpaired) electrons. The molecule has 1 atom stereocenters. The summed E-state index contributed by atoms with van der Waals surface area (Å²) < 4.78 is 0. The number of nitriles is 1. The van der Waals surface area contributed by atoms with Crippen molar-refractivity contribution in [2.24, 2.45) is 5.92 Å². The van der Waals surface area contributed by atoms with Gasteiger partial charge in [0, 0.05) is 19.7 Å². The molecule has 0 aliphatic carbocycles. The van der Waals surface area contributed by atoms with Gasteiger partial charge in [-0.3, -0.25) is 0 Å². The predicted molar refractivity (Wildman–Crippen MR) is 69.3 cm³/mol. The van der Waals surface area contributed by atoms with Gasteiger partial charge in [0.1, 0.15) is 0 Å². The van der Waals surface area contributed by atoms with Crippen molar-refractivity contribution in [1.29, 1.82) is 5.26 Å². The Labute approximate surface area is 102 Å². The summed E-state index contributed by atoms with van der Waals surface area (Å²) >= 11 is 0. The lowest BCUT2D eigenvalue weighted by Crippen LogP contribution is -2.23. The summed E-state index contributed by atoms with van der Waals surface area (Å²) in [6, 6.07) is 9.55. The molecule has 0 aliphatic rings. The van der Waals surface area contributed by atoms with Gasteiger partial charge >= 0.3 is 0 Å². The highest BCUT2D eigenvalue weighted by Gasteiger charge is 1.96. The highest BCUT2D eigenvalue weighted by Crippen LogP contribution is 2.04. The van der Waals surface area contributed by atoms with Gasteiger partial charge in [-0.25, -0.2) is 0 Å². The molecule has 0 fully saturated rings. The zero-order valence-corrected chi connectivity index (χ0v) is 10.1. The molecule has 0 heterocycles. The van der Waals surface area contributed by atoms with Crippen LogP contribution in [0.3, 0.4) is 0 Å². The molecule has 17 heavy (non-hydrogen) atoms. The second kappa shape index (κ2) is 7.61. The fourth-order valence-corrected chi connectivity index (χ4v) is 1.34. The van der Waals surface area contributed by atoms with E-state index in [0.29, 0.717) is 11.5 Å². The van der Waals surface area contributed by atoms with E-state index in [0.717, 1.165) is 18.7 Å². The van der Waals surface area contributed by atoms with Crippen LogP contribution in [0.1, 0.15) is 18.1 Å². The third-order valence-corrected chi connectivity index (χ3v) is 2.42. The largest absolute Gasteiger partial charge is 0.396 e. The summed E-state index contributed by atoms with van der Waals surface area (Å²) in [4.78, 5) is 0. The minimum atomic E-state index is 0.215. The van der Waals surface area contributed by atoms with E-state index in [9.17, 15) is 0 Å². The molecule has 3 nitrogen and oxygen atoms in total. The van der Waals surface area contributed by atoms with Crippen LogP contribution < -0.4 is 5.32 Å². The maximum atomic E-state index is 8.83. The van der Waals surface area contributed by atoms with Gasteiger partial charge in [0.25, 0.3) is 0 Å². The van der Waals surface area contributed by atoms with Crippen molar-refractivity contribution >= 4 is 6.08 Å². The Morgan fingerprint density at radius 1 is 1.41 bits per heavy atom. The second-order valence-corrected chi connectivity index (χ2v) is 4.08. The summed E-state index contributed by atoms with van der Waals surface area (Å²) in [7, 11) is 0. The topological polar surface area (TPSA) is 56.0 Å². The minimum absolute atomic E-state index is 0.215. The van der Waals surface area contributed by atoms with E-state index in [-0.39, 0.29) is 6.61 Å². The number of nitrogens with zero attached hydrogens (tertiary/aromatic N) is 1. The molecule has 90 valence electrons. The van der Waals surface area contributed by atoms with Gasteiger partial charge in [-0.2, -0.15) is 5.26 Å². The second-order valence-electron chi connectivity index (χ2n) is 4.08. The van der Waals surface area contributed by atoms with Gasteiger partial charge in [0.05, 0.1) is 11.6 Å². The molecular formula is C14H18N2O. The van der Waals surface area contributed by atoms with Gasteiger partial charge in [0.2, 0.25) is 0 Å². The number of benzene rings is 1. The van der Waals surface area contributed by atoms with Crippen molar-refractivity contribution in [2.75, 3.05) is 19.7 Å². The zero-order valence-electron chi connectivity index (χ0n) is 10.1. The van der Waals surface area contributed by atoms with Crippen LogP contribution in [0.2, 0.25) is 0 Å². The molecule has 0 amide bonds. The van der Waals surface area contributed by atoms with Crippen molar-refractivity contribution in [1.82, 2.24) is 5.32 Å². The van der Waals surface area contributed by atoms with Crippen molar-refractivity contribution in [3.05, 3.63) is 41.5 Å². The van der Waals surface area contributed by atoms with Crippen molar-refractivity contribution in [3.63, 3.8) is 0 Å². The van der Waals surface area contributed by atoms with Crippen molar-refractivity contribution in [2.45, 2.75) is 6.92 Å². The summed E-state index contributed by atoms with van der Waals surface area (Å²) in [6.45, 7) is 3.81. The Kier molecular flexibility index (Phi) is 6.02. The van der Waals surface area contributed by atoms with Crippen LogP contribution in [-0.2, 0) is 0 Å². The lowest BCUT2D eigenvalue weighted by atomic mass is 10.1. The predicted octanol–water partition coefficient (Wildman–Crippen LogP) is 1.79. The molecule has 0 saturated heterocycles. The zero-order chi connectivity index (χ0) is 12.5. The molecule has 1 aromatic carbocycles. The third-order valence-electron chi connectivity index (χ3n) is 2.42. The summed E-state index contributed by atoms with van der Waals surface area (Å²) in [5, 5.41) is 20.7. The Morgan fingerprint density at radius 2 is 2.12 bits per heavy atom. The third kappa shape index (κ3) is 5.30. The quantitative estimate of drug-likeness (QED) is 0.732. The van der Waals surface area contributed by atoms with E-state index < -0.39 is 0 Å². The number of aliphatic hydroxyl groups excluding tert-OH is 1. The molecule has 3 heteroatoms. The summed E-state index contributed by atoms with van der Waals surface area (Å²) in [5.41, 5.74) is 1.76. The number of hydrogen-bond acceptors (Lipinski definition) is 3. The van der Waals surface area contributed by atoms with Crippen LogP contribution in [0.4, 0.5) is 0 Å². The van der Waals surface area contributed by atoms with Crippen LogP contribution in [0.15, 0.2) is 30.3 Å². The van der Waals surface area contributed by atoms with Gasteiger partial charge in [-0.05, 0) is 23.6 Å². The smallest absolute Gasteiger partial charge is 0.0991 e. The van der Waals surface area contributed by atoms with Crippen molar-refractivity contribution < 1.29 is 5.11 Å². The highest BCUT2D eigenvalue weighted by atomic mass is 16.3. The number of aliphatic hydroxyl groups is 1. The molecule has 0 spiro atoms. The molecule has 0 bridgehead atoms. The van der Waals surface area contributed by atoms with E-state index in [1.165, 1.54) is 0 Å². The average Bonchev–Trinajstić information content (AvgIpc) is 2.38. The molecule has 1 unspecified atom stereocenters. The first-order chi connectivity index (χ1) is 8.26. The first kappa shape index (κ1) is 13.4. The van der Waals surface area contributed by atoms with Crippen molar-refractivity contribution in [3.8, 4) is 6.07 Å². The van der Waals surface area contributed by atoms with Crippen LogP contribution >= 0.6 is 0 Å². The maximum Gasteiger partial charge on any atom is 0.0991 e. The van der Waals surface area contributed by atoms with E-state index >= 15 is 0 Å². The first-order valence-corrected chi connectivity index (χ1v) is 5.74. The van der Waals surface area contributed by atoms with Gasteiger partial charge in [-0.1, -0.05) is 31.2 Å². The molecule has 1 rings (SSSR count). The fourth-order valence-electron chi connectivity index (χ4n) is 1.34. The van der Waals surface area contributed by atoms with Crippen LogP contribution in [0.5, 0.6) is 0 Å². The van der Waals surface area contributed by atoms with E-state index in [2.05, 4.69) is 11.4 Å². The average molecular weight is 230 g/mol. The lowest BCUT2D eigenvalue weighted by Gasteiger charge is -2.06. The fraction of sp³-hybridized carbons (Fsp3) is 0.357. The van der Waals surface area contributed by atoms with Crippen LogP contribution in [0, 0.1) is 17.2 Å². The molecule has 2 N–H and O–H groups in total. The Morgan fingerprint density at radius 3 is 2.71 bits per heavy atom. The van der Waals surface area contributed by atoms with Crippen LogP contribution in [-0.4, -0.2) is 24.8 Å². The first-order valence-electron chi connectivity index (χ1n) is 5.74. The summed E-state index contributed by atoms with van der Waals surface area (Å²) in [6.07, 6.45) is 4.04. The van der Waals surface area contributed by atoms with Gasteiger partial charge in [-0.15, -0.1) is 0 Å². The highest BCUT2D eigenvalue weighted by molar-refractivity contribution is 5.50. The number of hydrogen-bond donors (Lipinski definition) is 2. The molecular weight excluding hydrogens is 212 g/mol. The normalized spacial score (nSPS) is 12.5. The number of rotatable bonds is 6.